The van der Waals surface area contributed by atoms with Gasteiger partial charge in [-0.3, -0.25) is 4.99 Å². The molecule has 0 aromatic rings. The van der Waals surface area contributed by atoms with Gasteiger partial charge in [0.05, 0.1) is 0 Å². The van der Waals surface area contributed by atoms with E-state index in [9.17, 15) is 0 Å². The van der Waals surface area contributed by atoms with Crippen LogP contribution in [0.25, 0.3) is 0 Å². The fraction of sp³-hybridized carbons (Fsp3) is 0.778. The van der Waals surface area contributed by atoms with E-state index in [1.54, 1.807) is 7.05 Å². The highest BCUT2D eigenvalue weighted by Crippen LogP contribution is 2.20. The molecule has 3 N–H and O–H groups in total. The zero-order valence-corrected chi connectivity index (χ0v) is 8.38. The van der Waals surface area contributed by atoms with Crippen molar-refractivity contribution in [1.82, 2.24) is 5.43 Å². The summed E-state index contributed by atoms with van der Waals surface area (Å²) >= 11 is 0. The van der Waals surface area contributed by atoms with Crippen LogP contribution < -0.4 is 11.2 Å². The molecule has 0 unspecified atom stereocenters. The van der Waals surface area contributed by atoms with E-state index in [0.29, 0.717) is 5.96 Å². The lowest BCUT2D eigenvalue weighted by atomic mass is 9.89. The van der Waals surface area contributed by atoms with Crippen molar-refractivity contribution in [3.63, 3.8) is 0 Å². The Bertz CT molecular complexity index is 220. The van der Waals surface area contributed by atoms with Gasteiger partial charge in [0.15, 0.2) is 0 Å². The Morgan fingerprint density at radius 2 is 2.38 bits per heavy atom. The molecule has 1 aliphatic rings. The molecule has 13 heavy (non-hydrogen) atoms. The van der Waals surface area contributed by atoms with E-state index in [1.165, 1.54) is 18.6 Å². The Kier molecular flexibility index (Phi) is 3.73. The molecule has 1 fully saturated rings. The first-order valence-electron chi connectivity index (χ1n) is 4.76. The van der Waals surface area contributed by atoms with E-state index >= 15 is 0 Å². The van der Waals surface area contributed by atoms with Gasteiger partial charge in [-0.15, -0.1) is 0 Å². The predicted octanol–water partition coefficient (Wildman–Crippen LogP) is 1.09. The van der Waals surface area contributed by atoms with Crippen LogP contribution in [0.4, 0.5) is 0 Å². The van der Waals surface area contributed by atoms with E-state index in [4.69, 9.17) is 5.73 Å². The Hall–Kier alpha value is -1.06. The van der Waals surface area contributed by atoms with Crippen LogP contribution in [0, 0.1) is 5.92 Å². The first-order chi connectivity index (χ1) is 6.22. The molecule has 4 heteroatoms. The first-order valence-corrected chi connectivity index (χ1v) is 4.76. The average Bonchev–Trinajstić information content (AvgIpc) is 2.14. The van der Waals surface area contributed by atoms with Crippen molar-refractivity contribution in [3.05, 3.63) is 0 Å². The first kappa shape index (κ1) is 10.0. The lowest BCUT2D eigenvalue weighted by Crippen LogP contribution is -2.29. The van der Waals surface area contributed by atoms with Crippen LogP contribution in [0.3, 0.4) is 0 Å². The summed E-state index contributed by atoms with van der Waals surface area (Å²) in [5, 5.41) is 4.22. The van der Waals surface area contributed by atoms with Gasteiger partial charge in [0, 0.05) is 12.8 Å². The van der Waals surface area contributed by atoms with Crippen molar-refractivity contribution in [2.24, 2.45) is 21.7 Å². The third-order valence-electron chi connectivity index (χ3n) is 2.32. The highest BCUT2D eigenvalue weighted by atomic mass is 15.4. The zero-order chi connectivity index (χ0) is 9.68. The van der Waals surface area contributed by atoms with Crippen molar-refractivity contribution in [1.29, 1.82) is 0 Å². The third kappa shape index (κ3) is 3.44. The minimum Gasteiger partial charge on any atom is -0.369 e. The minimum absolute atomic E-state index is 0.380. The Balaban J connectivity index is 2.41. The van der Waals surface area contributed by atoms with Gasteiger partial charge in [0.1, 0.15) is 0 Å². The van der Waals surface area contributed by atoms with Gasteiger partial charge in [-0.25, -0.2) is 5.43 Å². The number of hydrogen-bond acceptors (Lipinski definition) is 2. The summed E-state index contributed by atoms with van der Waals surface area (Å²) in [4.78, 5) is 3.77. The maximum absolute atomic E-state index is 5.46. The fourth-order valence-corrected chi connectivity index (χ4v) is 1.55. The molecule has 1 aliphatic carbocycles. The van der Waals surface area contributed by atoms with E-state index in [1.807, 2.05) is 0 Å². The molecule has 0 saturated heterocycles. The maximum atomic E-state index is 5.46. The van der Waals surface area contributed by atoms with Gasteiger partial charge in [0.2, 0.25) is 5.96 Å². The molecule has 74 valence electrons. The van der Waals surface area contributed by atoms with Gasteiger partial charge < -0.3 is 5.73 Å². The SMILES string of the molecule is CN=C(N)N/N=C1\CCC[C@@H](C)C1. The molecule has 1 rings (SSSR count). The van der Waals surface area contributed by atoms with Crippen molar-refractivity contribution >= 4 is 11.7 Å². The van der Waals surface area contributed by atoms with Crippen LogP contribution in [0.5, 0.6) is 0 Å². The molecule has 0 aromatic heterocycles. The quantitative estimate of drug-likeness (QED) is 0.362. The lowest BCUT2D eigenvalue weighted by molar-refractivity contribution is 0.498. The summed E-state index contributed by atoms with van der Waals surface area (Å²) in [6, 6.07) is 0. The van der Waals surface area contributed by atoms with Crippen molar-refractivity contribution in [3.8, 4) is 0 Å². The minimum atomic E-state index is 0.380. The van der Waals surface area contributed by atoms with Crippen LogP contribution in [0.15, 0.2) is 10.1 Å². The topological polar surface area (TPSA) is 62.8 Å². The molecular weight excluding hydrogens is 164 g/mol. The predicted molar refractivity (Wildman–Crippen MR) is 55.7 cm³/mol. The van der Waals surface area contributed by atoms with Crippen molar-refractivity contribution in [2.75, 3.05) is 7.05 Å². The number of aliphatic imine (C=N–C) groups is 1. The second-order valence-corrected chi connectivity index (χ2v) is 3.60. The fourth-order valence-electron chi connectivity index (χ4n) is 1.55. The standard InChI is InChI=1S/C9H18N4/c1-7-4-3-5-8(6-7)12-13-9(10)11-2/h7H,3-6H2,1-2H3,(H3,10,11,13)/b12-8+/t7-/m1/s1. The number of hydrazone groups is 1. The zero-order valence-electron chi connectivity index (χ0n) is 8.38. The third-order valence-corrected chi connectivity index (χ3v) is 2.32. The molecule has 0 amide bonds. The van der Waals surface area contributed by atoms with Gasteiger partial charge >= 0.3 is 0 Å². The second kappa shape index (κ2) is 4.84. The van der Waals surface area contributed by atoms with Crippen molar-refractivity contribution in [2.45, 2.75) is 32.6 Å². The number of hydrogen-bond donors (Lipinski definition) is 2. The van der Waals surface area contributed by atoms with Gasteiger partial charge in [-0.1, -0.05) is 6.92 Å². The monoisotopic (exact) mass is 182 g/mol. The number of nitrogens with one attached hydrogen (secondary N) is 1. The number of rotatable bonds is 1. The molecule has 4 nitrogen and oxygen atoms in total. The lowest BCUT2D eigenvalue weighted by Gasteiger charge is -2.18. The van der Waals surface area contributed by atoms with Crippen LogP contribution in [-0.4, -0.2) is 18.7 Å². The Labute approximate surface area is 79.3 Å². The van der Waals surface area contributed by atoms with Crippen LogP contribution in [0.2, 0.25) is 0 Å². The molecular formula is C9H18N4. The average molecular weight is 182 g/mol. The van der Waals surface area contributed by atoms with Crippen LogP contribution >= 0.6 is 0 Å². The molecule has 0 radical (unpaired) electrons. The van der Waals surface area contributed by atoms with E-state index < -0.39 is 0 Å². The molecule has 1 atom stereocenters. The summed E-state index contributed by atoms with van der Waals surface area (Å²) in [7, 11) is 1.64. The summed E-state index contributed by atoms with van der Waals surface area (Å²) < 4.78 is 0. The molecule has 0 spiro atoms. The largest absolute Gasteiger partial charge is 0.369 e. The summed E-state index contributed by atoms with van der Waals surface area (Å²) in [6.45, 7) is 2.26. The maximum Gasteiger partial charge on any atom is 0.209 e. The smallest absolute Gasteiger partial charge is 0.209 e. The molecule has 0 aliphatic heterocycles. The van der Waals surface area contributed by atoms with Gasteiger partial charge in [-0.05, 0) is 31.6 Å². The summed E-state index contributed by atoms with van der Waals surface area (Å²) in [6.07, 6.45) is 4.74. The normalized spacial score (nSPS) is 27.7. The summed E-state index contributed by atoms with van der Waals surface area (Å²) in [5.74, 6) is 1.14. The van der Waals surface area contributed by atoms with Crippen LogP contribution in [0.1, 0.15) is 32.6 Å². The summed E-state index contributed by atoms with van der Waals surface area (Å²) in [5.41, 5.74) is 9.41. The van der Waals surface area contributed by atoms with Gasteiger partial charge in [0.25, 0.3) is 0 Å². The second-order valence-electron chi connectivity index (χ2n) is 3.60. The van der Waals surface area contributed by atoms with Gasteiger partial charge in [-0.2, -0.15) is 5.10 Å². The Morgan fingerprint density at radius 1 is 1.62 bits per heavy atom. The number of guanidine groups is 1. The Morgan fingerprint density at radius 3 is 3.00 bits per heavy atom. The van der Waals surface area contributed by atoms with Crippen molar-refractivity contribution < 1.29 is 0 Å². The van der Waals surface area contributed by atoms with E-state index in [2.05, 4.69) is 22.4 Å². The van der Waals surface area contributed by atoms with Crippen LogP contribution in [-0.2, 0) is 0 Å². The van der Waals surface area contributed by atoms with E-state index in [-0.39, 0.29) is 0 Å². The molecule has 0 bridgehead atoms. The van der Waals surface area contributed by atoms with E-state index in [0.717, 1.165) is 18.8 Å². The molecule has 1 saturated carbocycles. The molecule has 0 aromatic carbocycles. The highest BCUT2D eigenvalue weighted by Gasteiger charge is 2.13. The number of nitrogens with zero attached hydrogens (tertiary/aromatic N) is 2. The molecule has 0 heterocycles. The highest BCUT2D eigenvalue weighted by molar-refractivity contribution is 5.87. The number of nitrogens with two attached hydrogens (primary N) is 1.